The van der Waals surface area contributed by atoms with Gasteiger partial charge < -0.3 is 10.2 Å². The molecule has 1 amide bonds. The van der Waals surface area contributed by atoms with Crippen molar-refractivity contribution in [3.8, 4) is 0 Å². The Labute approximate surface area is 141 Å². The number of anilines is 1. The monoisotopic (exact) mass is 326 g/mol. The molecule has 1 N–H and O–H groups in total. The summed E-state index contributed by atoms with van der Waals surface area (Å²) in [4.78, 5) is 23.7. The van der Waals surface area contributed by atoms with Gasteiger partial charge in [-0.25, -0.2) is 14.6 Å². The maximum absolute atomic E-state index is 12.5. The lowest BCUT2D eigenvalue weighted by atomic mass is 10.1. The zero-order valence-corrected chi connectivity index (χ0v) is 13.9. The van der Waals surface area contributed by atoms with E-state index in [1.807, 2.05) is 23.7 Å². The van der Waals surface area contributed by atoms with Crippen molar-refractivity contribution < 1.29 is 4.79 Å². The summed E-state index contributed by atoms with van der Waals surface area (Å²) < 4.78 is 1.93. The average Bonchev–Trinajstić information content (AvgIpc) is 2.98. The molecule has 0 radical (unpaired) electrons. The van der Waals surface area contributed by atoms with E-state index in [2.05, 4.69) is 25.3 Å². The highest BCUT2D eigenvalue weighted by Gasteiger charge is 2.26. The van der Waals surface area contributed by atoms with Crippen LogP contribution in [0.25, 0.3) is 0 Å². The van der Waals surface area contributed by atoms with Crippen molar-refractivity contribution in [2.45, 2.75) is 45.2 Å². The second-order valence-corrected chi connectivity index (χ2v) is 6.38. The third-order valence-corrected chi connectivity index (χ3v) is 4.73. The van der Waals surface area contributed by atoms with Gasteiger partial charge in [-0.2, -0.15) is 5.10 Å². The van der Waals surface area contributed by atoms with E-state index in [0.717, 1.165) is 56.4 Å². The van der Waals surface area contributed by atoms with E-state index in [-0.39, 0.29) is 11.9 Å². The highest BCUT2D eigenvalue weighted by atomic mass is 16.1. The normalized spacial score (nSPS) is 19.5. The van der Waals surface area contributed by atoms with E-state index in [0.29, 0.717) is 5.56 Å². The van der Waals surface area contributed by atoms with Gasteiger partial charge in [0.25, 0.3) is 5.91 Å². The number of carbonyl (C=O) groups excluding carboxylic acids is 1. The van der Waals surface area contributed by atoms with Gasteiger partial charge >= 0.3 is 0 Å². The molecule has 2 aromatic heterocycles. The smallest absolute Gasteiger partial charge is 0.253 e. The highest BCUT2D eigenvalue weighted by Crippen LogP contribution is 2.24. The summed E-state index contributed by atoms with van der Waals surface area (Å²) in [7, 11) is 0. The number of nitrogens with one attached hydrogen (secondary N) is 1. The molecule has 2 aromatic rings. The van der Waals surface area contributed by atoms with Crippen LogP contribution in [0.15, 0.2) is 18.3 Å². The van der Waals surface area contributed by atoms with Gasteiger partial charge in [-0.3, -0.25) is 4.79 Å². The third kappa shape index (κ3) is 2.74. The van der Waals surface area contributed by atoms with E-state index in [9.17, 15) is 4.79 Å². The van der Waals surface area contributed by atoms with Crippen molar-refractivity contribution in [3.63, 3.8) is 0 Å². The van der Waals surface area contributed by atoms with Gasteiger partial charge in [0.2, 0.25) is 0 Å². The molecule has 4 rings (SSSR count). The molecule has 0 spiro atoms. The Morgan fingerprint density at radius 1 is 1.29 bits per heavy atom. The minimum Gasteiger partial charge on any atom is -0.356 e. The van der Waals surface area contributed by atoms with Gasteiger partial charge in [0.05, 0.1) is 11.6 Å². The van der Waals surface area contributed by atoms with Gasteiger partial charge in [-0.1, -0.05) is 6.92 Å². The number of aromatic nitrogens is 4. The Balaban J connectivity index is 1.47. The van der Waals surface area contributed by atoms with E-state index in [4.69, 9.17) is 0 Å². The Bertz CT molecular complexity index is 734. The Kier molecular flexibility index (Phi) is 3.92. The maximum Gasteiger partial charge on any atom is 0.253 e. The van der Waals surface area contributed by atoms with Crippen LogP contribution < -0.4 is 10.2 Å². The molecule has 2 aliphatic heterocycles. The van der Waals surface area contributed by atoms with Crippen LogP contribution in [0.5, 0.6) is 0 Å². The molecule has 1 fully saturated rings. The summed E-state index contributed by atoms with van der Waals surface area (Å²) in [6.07, 6.45) is 5.58. The van der Waals surface area contributed by atoms with Gasteiger partial charge in [0, 0.05) is 32.3 Å². The fourth-order valence-electron chi connectivity index (χ4n) is 3.18. The average molecular weight is 326 g/mol. The number of hydrogen-bond donors (Lipinski definition) is 1. The predicted molar refractivity (Wildman–Crippen MR) is 89.9 cm³/mol. The third-order valence-electron chi connectivity index (χ3n) is 4.73. The molecule has 0 bridgehead atoms. The van der Waals surface area contributed by atoms with Gasteiger partial charge in [-0.15, -0.1) is 0 Å². The Hall–Kier alpha value is -2.44. The molecular formula is C17H22N6O. The Morgan fingerprint density at radius 2 is 2.17 bits per heavy atom. The molecule has 126 valence electrons. The van der Waals surface area contributed by atoms with Crippen LogP contribution in [0, 0.1) is 0 Å². The Morgan fingerprint density at radius 3 is 2.83 bits per heavy atom. The quantitative estimate of drug-likeness (QED) is 0.926. The van der Waals surface area contributed by atoms with Crippen LogP contribution in [0.3, 0.4) is 0 Å². The standard InChI is InChI=1S/C17H22N6O/c1-2-14-20-16-13(5-3-10-23(16)21-14)19-17(24)12-6-7-15(18-11-12)22-8-4-9-22/h6-7,11,13H,2-5,8-10H2,1H3,(H,19,24). The molecule has 24 heavy (non-hydrogen) atoms. The summed E-state index contributed by atoms with van der Waals surface area (Å²) in [5.41, 5.74) is 0.589. The van der Waals surface area contributed by atoms with E-state index in [1.54, 1.807) is 6.20 Å². The van der Waals surface area contributed by atoms with Crippen molar-refractivity contribution in [3.05, 3.63) is 35.5 Å². The SMILES string of the molecule is CCc1nc2n(n1)CCCC2NC(=O)c1ccc(N2CCC2)nc1. The molecular weight excluding hydrogens is 304 g/mol. The minimum absolute atomic E-state index is 0.0749. The summed E-state index contributed by atoms with van der Waals surface area (Å²) in [6, 6.07) is 3.70. The van der Waals surface area contributed by atoms with Crippen LogP contribution in [0.4, 0.5) is 5.82 Å². The molecule has 4 heterocycles. The van der Waals surface area contributed by atoms with Crippen LogP contribution in [0.1, 0.15) is 54.2 Å². The largest absolute Gasteiger partial charge is 0.356 e. The lowest BCUT2D eigenvalue weighted by molar-refractivity contribution is 0.0927. The first kappa shape index (κ1) is 15.1. The van der Waals surface area contributed by atoms with Crippen molar-refractivity contribution in [2.75, 3.05) is 18.0 Å². The number of rotatable bonds is 4. The highest BCUT2D eigenvalue weighted by molar-refractivity contribution is 5.94. The van der Waals surface area contributed by atoms with Crippen molar-refractivity contribution >= 4 is 11.7 Å². The van der Waals surface area contributed by atoms with Crippen LogP contribution in [-0.2, 0) is 13.0 Å². The zero-order valence-electron chi connectivity index (χ0n) is 13.9. The zero-order chi connectivity index (χ0) is 16.5. The van der Waals surface area contributed by atoms with Gasteiger partial charge in [0.1, 0.15) is 11.6 Å². The molecule has 0 aliphatic carbocycles. The molecule has 1 saturated heterocycles. The molecule has 1 unspecified atom stereocenters. The van der Waals surface area contributed by atoms with E-state index < -0.39 is 0 Å². The number of fused-ring (bicyclic) bond motifs is 1. The summed E-state index contributed by atoms with van der Waals surface area (Å²) in [5.74, 6) is 2.56. The molecule has 0 aromatic carbocycles. The van der Waals surface area contributed by atoms with Crippen molar-refractivity contribution in [1.82, 2.24) is 25.1 Å². The molecule has 1 atom stereocenters. The summed E-state index contributed by atoms with van der Waals surface area (Å²) in [5, 5.41) is 7.57. The van der Waals surface area contributed by atoms with Gasteiger partial charge in [0.15, 0.2) is 5.82 Å². The van der Waals surface area contributed by atoms with E-state index in [1.165, 1.54) is 6.42 Å². The molecule has 7 heteroatoms. The van der Waals surface area contributed by atoms with Crippen LogP contribution in [0.2, 0.25) is 0 Å². The van der Waals surface area contributed by atoms with E-state index >= 15 is 0 Å². The fraction of sp³-hybridized carbons (Fsp3) is 0.529. The lowest BCUT2D eigenvalue weighted by Gasteiger charge is -2.31. The van der Waals surface area contributed by atoms with Crippen molar-refractivity contribution in [1.29, 1.82) is 0 Å². The first-order chi connectivity index (χ1) is 11.7. The first-order valence-corrected chi connectivity index (χ1v) is 8.70. The molecule has 7 nitrogen and oxygen atoms in total. The second kappa shape index (κ2) is 6.22. The number of pyridine rings is 1. The number of hydrogen-bond acceptors (Lipinski definition) is 5. The molecule has 0 saturated carbocycles. The summed E-state index contributed by atoms with van der Waals surface area (Å²) in [6.45, 7) is 5.02. The number of amides is 1. The fourth-order valence-corrected chi connectivity index (χ4v) is 3.18. The van der Waals surface area contributed by atoms with Crippen LogP contribution >= 0.6 is 0 Å². The first-order valence-electron chi connectivity index (χ1n) is 8.70. The number of aryl methyl sites for hydroxylation is 2. The number of carbonyl (C=O) groups is 1. The topological polar surface area (TPSA) is 75.9 Å². The lowest BCUT2D eigenvalue weighted by Crippen LogP contribution is -2.37. The minimum atomic E-state index is -0.0999. The van der Waals surface area contributed by atoms with Crippen molar-refractivity contribution in [2.24, 2.45) is 0 Å². The van der Waals surface area contributed by atoms with Gasteiger partial charge in [-0.05, 0) is 31.4 Å². The second-order valence-electron chi connectivity index (χ2n) is 6.38. The van der Waals surface area contributed by atoms with Crippen LogP contribution in [-0.4, -0.2) is 38.7 Å². The molecule has 2 aliphatic rings. The number of nitrogens with zero attached hydrogens (tertiary/aromatic N) is 5. The predicted octanol–water partition coefficient (Wildman–Crippen LogP) is 1.71. The summed E-state index contributed by atoms with van der Waals surface area (Å²) >= 11 is 0. The maximum atomic E-state index is 12.5.